The molecular weight excluding hydrogens is 196 g/mol. The maximum absolute atomic E-state index is 5.72. The van der Waals surface area contributed by atoms with E-state index in [4.69, 9.17) is 4.74 Å². The molecule has 1 aromatic rings. The van der Waals surface area contributed by atoms with Gasteiger partial charge in [-0.25, -0.2) is 0 Å². The molecule has 0 spiro atoms. The first-order valence-electron chi connectivity index (χ1n) is 6.25. The standard InChI is InChI=1S/C15H24O/c1-6-15(7-2,16-5)14-10-8-13(9-11-14)12(3)4/h8-12H,6-7H2,1-5H3. The first-order valence-corrected chi connectivity index (χ1v) is 6.25. The summed E-state index contributed by atoms with van der Waals surface area (Å²) in [5.41, 5.74) is 2.58. The molecule has 0 aromatic heterocycles. The number of hydrogen-bond donors (Lipinski definition) is 0. The Balaban J connectivity index is 3.03. The molecule has 90 valence electrons. The van der Waals surface area contributed by atoms with Crippen LogP contribution in [-0.2, 0) is 10.3 Å². The third kappa shape index (κ3) is 2.46. The third-order valence-electron chi connectivity index (χ3n) is 3.64. The fraction of sp³-hybridized carbons (Fsp3) is 0.600. The fourth-order valence-electron chi connectivity index (χ4n) is 2.24. The van der Waals surface area contributed by atoms with Gasteiger partial charge in [0.2, 0.25) is 0 Å². The molecule has 0 saturated carbocycles. The quantitative estimate of drug-likeness (QED) is 0.711. The summed E-state index contributed by atoms with van der Waals surface area (Å²) in [6.45, 7) is 8.81. The van der Waals surface area contributed by atoms with Gasteiger partial charge in [-0.1, -0.05) is 52.0 Å². The van der Waals surface area contributed by atoms with Crippen LogP contribution in [0.1, 0.15) is 57.6 Å². The monoisotopic (exact) mass is 220 g/mol. The van der Waals surface area contributed by atoms with Gasteiger partial charge in [0.25, 0.3) is 0 Å². The molecule has 1 nitrogen and oxygen atoms in total. The van der Waals surface area contributed by atoms with Gasteiger partial charge in [0.05, 0.1) is 5.60 Å². The van der Waals surface area contributed by atoms with Crippen molar-refractivity contribution in [3.05, 3.63) is 35.4 Å². The highest BCUT2D eigenvalue weighted by Crippen LogP contribution is 2.32. The first kappa shape index (κ1) is 13.2. The summed E-state index contributed by atoms with van der Waals surface area (Å²) in [6.07, 6.45) is 2.03. The Hall–Kier alpha value is -0.820. The minimum atomic E-state index is -0.102. The van der Waals surface area contributed by atoms with Crippen LogP contribution >= 0.6 is 0 Å². The van der Waals surface area contributed by atoms with Crippen molar-refractivity contribution < 1.29 is 4.74 Å². The number of methoxy groups -OCH3 is 1. The molecular formula is C15H24O. The summed E-state index contributed by atoms with van der Waals surface area (Å²) in [7, 11) is 1.81. The molecule has 1 aromatic carbocycles. The van der Waals surface area contributed by atoms with Crippen LogP contribution in [0.4, 0.5) is 0 Å². The van der Waals surface area contributed by atoms with Crippen molar-refractivity contribution >= 4 is 0 Å². The van der Waals surface area contributed by atoms with Gasteiger partial charge in [-0.3, -0.25) is 0 Å². The second-order valence-electron chi connectivity index (χ2n) is 4.68. The van der Waals surface area contributed by atoms with Gasteiger partial charge >= 0.3 is 0 Å². The van der Waals surface area contributed by atoms with Crippen molar-refractivity contribution in [2.75, 3.05) is 7.11 Å². The molecule has 0 saturated heterocycles. The van der Waals surface area contributed by atoms with Crippen molar-refractivity contribution in [3.63, 3.8) is 0 Å². The Morgan fingerprint density at radius 3 is 1.88 bits per heavy atom. The summed E-state index contributed by atoms with van der Waals surface area (Å²) in [4.78, 5) is 0. The van der Waals surface area contributed by atoms with E-state index in [2.05, 4.69) is 52.0 Å². The lowest BCUT2D eigenvalue weighted by Gasteiger charge is -2.31. The lowest BCUT2D eigenvalue weighted by molar-refractivity contribution is -0.0217. The zero-order chi connectivity index (χ0) is 12.2. The smallest absolute Gasteiger partial charge is 0.0922 e. The Bertz CT molecular complexity index is 298. The van der Waals surface area contributed by atoms with Crippen LogP contribution in [0, 0.1) is 0 Å². The first-order chi connectivity index (χ1) is 7.59. The molecule has 0 unspecified atom stereocenters. The van der Waals surface area contributed by atoms with Gasteiger partial charge < -0.3 is 4.74 Å². The van der Waals surface area contributed by atoms with Crippen LogP contribution in [0.2, 0.25) is 0 Å². The van der Waals surface area contributed by atoms with E-state index in [1.54, 1.807) is 0 Å². The third-order valence-corrected chi connectivity index (χ3v) is 3.64. The van der Waals surface area contributed by atoms with E-state index in [-0.39, 0.29) is 5.60 Å². The van der Waals surface area contributed by atoms with Gasteiger partial charge in [-0.05, 0) is 29.9 Å². The zero-order valence-corrected chi connectivity index (χ0v) is 11.2. The molecule has 1 rings (SSSR count). The topological polar surface area (TPSA) is 9.23 Å². The average molecular weight is 220 g/mol. The molecule has 1 heteroatoms. The van der Waals surface area contributed by atoms with E-state index >= 15 is 0 Å². The Labute approximate surface area is 99.8 Å². The number of benzene rings is 1. The Morgan fingerprint density at radius 2 is 1.56 bits per heavy atom. The van der Waals surface area contributed by atoms with Gasteiger partial charge in [-0.2, -0.15) is 0 Å². The Kier molecular flexibility index (Phi) is 4.55. The van der Waals surface area contributed by atoms with Crippen LogP contribution in [0.25, 0.3) is 0 Å². The van der Waals surface area contributed by atoms with Gasteiger partial charge in [-0.15, -0.1) is 0 Å². The maximum atomic E-state index is 5.72. The molecule has 0 bridgehead atoms. The second kappa shape index (κ2) is 5.49. The van der Waals surface area contributed by atoms with Crippen LogP contribution in [0.3, 0.4) is 0 Å². The molecule has 0 atom stereocenters. The lowest BCUT2D eigenvalue weighted by Crippen LogP contribution is -2.26. The van der Waals surface area contributed by atoms with E-state index in [9.17, 15) is 0 Å². The molecule has 0 aliphatic heterocycles. The maximum Gasteiger partial charge on any atom is 0.0922 e. The van der Waals surface area contributed by atoms with E-state index in [0.717, 1.165) is 12.8 Å². The molecule has 0 amide bonds. The van der Waals surface area contributed by atoms with Crippen LogP contribution in [-0.4, -0.2) is 7.11 Å². The van der Waals surface area contributed by atoms with Crippen molar-refractivity contribution in [3.8, 4) is 0 Å². The predicted octanol–water partition coefficient (Wildman–Crippen LogP) is 4.47. The van der Waals surface area contributed by atoms with Gasteiger partial charge in [0.15, 0.2) is 0 Å². The molecule has 0 aliphatic carbocycles. The summed E-state index contributed by atoms with van der Waals surface area (Å²) in [5, 5.41) is 0. The molecule has 16 heavy (non-hydrogen) atoms. The summed E-state index contributed by atoms with van der Waals surface area (Å²) in [5.74, 6) is 0.592. The summed E-state index contributed by atoms with van der Waals surface area (Å²) >= 11 is 0. The predicted molar refractivity (Wildman–Crippen MR) is 69.8 cm³/mol. The minimum absolute atomic E-state index is 0.102. The van der Waals surface area contributed by atoms with E-state index in [0.29, 0.717) is 5.92 Å². The van der Waals surface area contributed by atoms with Crippen molar-refractivity contribution in [1.29, 1.82) is 0 Å². The van der Waals surface area contributed by atoms with Crippen LogP contribution in [0.5, 0.6) is 0 Å². The SMILES string of the molecule is CCC(CC)(OC)c1ccc(C(C)C)cc1. The number of hydrogen-bond acceptors (Lipinski definition) is 1. The van der Waals surface area contributed by atoms with Crippen LogP contribution < -0.4 is 0 Å². The largest absolute Gasteiger partial charge is 0.374 e. The van der Waals surface area contributed by atoms with E-state index in [1.807, 2.05) is 7.11 Å². The van der Waals surface area contributed by atoms with E-state index in [1.165, 1.54) is 11.1 Å². The minimum Gasteiger partial charge on any atom is -0.374 e. The average Bonchev–Trinajstić information content (AvgIpc) is 2.33. The van der Waals surface area contributed by atoms with E-state index < -0.39 is 0 Å². The van der Waals surface area contributed by atoms with Crippen molar-refractivity contribution in [2.24, 2.45) is 0 Å². The fourth-order valence-corrected chi connectivity index (χ4v) is 2.24. The van der Waals surface area contributed by atoms with Crippen molar-refractivity contribution in [2.45, 2.75) is 52.1 Å². The van der Waals surface area contributed by atoms with Gasteiger partial charge in [0, 0.05) is 7.11 Å². The highest BCUT2D eigenvalue weighted by molar-refractivity contribution is 5.29. The van der Waals surface area contributed by atoms with Crippen molar-refractivity contribution in [1.82, 2.24) is 0 Å². The summed E-state index contributed by atoms with van der Waals surface area (Å²) < 4.78 is 5.72. The molecule has 0 aliphatic rings. The normalized spacial score (nSPS) is 12.1. The lowest BCUT2D eigenvalue weighted by atomic mass is 9.87. The molecule has 0 N–H and O–H groups in total. The molecule has 0 radical (unpaired) electrons. The Morgan fingerprint density at radius 1 is 1.06 bits per heavy atom. The highest BCUT2D eigenvalue weighted by atomic mass is 16.5. The van der Waals surface area contributed by atoms with Crippen LogP contribution in [0.15, 0.2) is 24.3 Å². The number of ether oxygens (including phenoxy) is 1. The second-order valence-corrected chi connectivity index (χ2v) is 4.68. The zero-order valence-electron chi connectivity index (χ0n) is 11.2. The summed E-state index contributed by atoms with van der Waals surface area (Å²) in [6, 6.07) is 8.87. The molecule has 0 heterocycles. The highest BCUT2D eigenvalue weighted by Gasteiger charge is 2.27. The number of rotatable bonds is 5. The molecule has 0 fully saturated rings. The van der Waals surface area contributed by atoms with Gasteiger partial charge in [0.1, 0.15) is 0 Å².